The lowest BCUT2D eigenvalue weighted by atomic mass is 10.00. The Morgan fingerprint density at radius 1 is 1.39 bits per heavy atom. The maximum Gasteiger partial charge on any atom is 0.300 e. The van der Waals surface area contributed by atoms with Crippen LogP contribution < -0.4 is 0 Å². The largest absolute Gasteiger partial charge is 0.300 e. The molecule has 18 heavy (non-hydrogen) atoms. The third kappa shape index (κ3) is 2.16. The van der Waals surface area contributed by atoms with Crippen LogP contribution in [0.25, 0.3) is 0 Å². The van der Waals surface area contributed by atoms with E-state index in [-0.39, 0.29) is 12.0 Å². The molecule has 0 bridgehead atoms. The smallest absolute Gasteiger partial charge is 0.286 e. The van der Waals surface area contributed by atoms with Crippen molar-refractivity contribution < 1.29 is 22.5 Å². The molecular formula is C12H16NO4S+. The molecule has 2 aliphatic heterocycles. The minimum Gasteiger partial charge on any atom is -0.286 e. The Balaban J connectivity index is 1.67. The highest BCUT2D eigenvalue weighted by Crippen LogP contribution is 2.51. The lowest BCUT2D eigenvalue weighted by Gasteiger charge is -2.19. The van der Waals surface area contributed by atoms with Crippen molar-refractivity contribution in [3.63, 3.8) is 0 Å². The predicted octanol–water partition coefficient (Wildman–Crippen LogP) is 1.28. The molecule has 6 heteroatoms. The summed E-state index contributed by atoms with van der Waals surface area (Å²) in [6.07, 6.45) is 1.45. The van der Waals surface area contributed by atoms with Crippen LogP contribution in [-0.2, 0) is 21.4 Å². The monoisotopic (exact) mass is 270 g/mol. The number of quaternary nitrogens is 1. The Bertz CT molecular complexity index is 571. The normalized spacial score (nSPS) is 29.5. The lowest BCUT2D eigenvalue weighted by molar-refractivity contribution is -0.924. The van der Waals surface area contributed by atoms with Crippen molar-refractivity contribution in [1.82, 2.24) is 0 Å². The van der Waals surface area contributed by atoms with E-state index in [1.54, 1.807) is 0 Å². The van der Waals surface area contributed by atoms with Gasteiger partial charge >= 0.3 is 0 Å². The van der Waals surface area contributed by atoms with Gasteiger partial charge in [-0.1, -0.05) is 18.2 Å². The molecule has 0 amide bonds. The van der Waals surface area contributed by atoms with E-state index in [9.17, 15) is 8.42 Å². The topological polar surface area (TPSA) is 66.9 Å². The summed E-state index contributed by atoms with van der Waals surface area (Å²) in [5.74, 6) is -0.190. The van der Waals surface area contributed by atoms with Gasteiger partial charge in [0.05, 0.1) is 5.75 Å². The van der Waals surface area contributed by atoms with Gasteiger partial charge in [-0.15, -0.1) is 9.48 Å². The summed E-state index contributed by atoms with van der Waals surface area (Å²) in [6.45, 7) is 1.52. The molecule has 1 fully saturated rings. The number of fused-ring (bicyclic) bond motifs is 3. The average molecular weight is 270 g/mol. The van der Waals surface area contributed by atoms with E-state index in [4.69, 9.17) is 9.39 Å². The van der Waals surface area contributed by atoms with Crippen molar-refractivity contribution in [2.75, 3.05) is 18.8 Å². The lowest BCUT2D eigenvalue weighted by Crippen LogP contribution is -2.34. The van der Waals surface area contributed by atoms with Gasteiger partial charge in [-0.2, -0.15) is 8.42 Å². The number of rotatable bonds is 4. The maximum atomic E-state index is 10.7. The van der Waals surface area contributed by atoms with Crippen molar-refractivity contribution in [2.24, 2.45) is 0 Å². The Labute approximate surface area is 106 Å². The van der Waals surface area contributed by atoms with Gasteiger partial charge in [0.15, 0.2) is 0 Å². The molecule has 0 aliphatic carbocycles. The number of hydroxylamine groups is 3. The molecule has 0 aromatic heterocycles. The van der Waals surface area contributed by atoms with Gasteiger partial charge in [0, 0.05) is 18.4 Å². The fraction of sp³-hybridized carbons (Fsp3) is 0.500. The summed E-state index contributed by atoms with van der Waals surface area (Å²) in [7, 11) is -3.86. The van der Waals surface area contributed by atoms with Crippen LogP contribution in [0.5, 0.6) is 0 Å². The molecule has 2 unspecified atom stereocenters. The van der Waals surface area contributed by atoms with Crippen LogP contribution in [0.3, 0.4) is 0 Å². The first-order valence-electron chi connectivity index (χ1n) is 6.08. The molecule has 0 radical (unpaired) electrons. The van der Waals surface area contributed by atoms with Crippen molar-refractivity contribution in [3.05, 3.63) is 35.4 Å². The van der Waals surface area contributed by atoms with Crippen molar-refractivity contribution in [3.8, 4) is 0 Å². The molecule has 1 aromatic carbocycles. The van der Waals surface area contributed by atoms with Crippen molar-refractivity contribution >= 4 is 10.1 Å². The highest BCUT2D eigenvalue weighted by atomic mass is 32.2. The van der Waals surface area contributed by atoms with E-state index in [2.05, 4.69) is 12.1 Å². The zero-order valence-electron chi connectivity index (χ0n) is 9.95. The molecule has 5 nitrogen and oxygen atoms in total. The number of benzene rings is 1. The molecule has 0 saturated carbocycles. The second-order valence-electron chi connectivity index (χ2n) is 4.95. The first-order chi connectivity index (χ1) is 8.50. The van der Waals surface area contributed by atoms with E-state index in [0.29, 0.717) is 17.6 Å². The Morgan fingerprint density at radius 2 is 2.17 bits per heavy atom. The van der Waals surface area contributed by atoms with Gasteiger partial charge in [0.1, 0.15) is 13.1 Å². The summed E-state index contributed by atoms with van der Waals surface area (Å²) in [5.41, 5.74) is 2.54. The van der Waals surface area contributed by atoms with E-state index < -0.39 is 10.1 Å². The molecule has 1 aromatic rings. The van der Waals surface area contributed by atoms with Crippen LogP contribution in [0.2, 0.25) is 0 Å². The van der Waals surface area contributed by atoms with Gasteiger partial charge in [0.2, 0.25) is 0 Å². The minimum atomic E-state index is -3.86. The molecule has 3 rings (SSSR count). The van der Waals surface area contributed by atoms with E-state index >= 15 is 0 Å². The summed E-state index contributed by atoms with van der Waals surface area (Å²) in [6, 6.07) is 8.21. The summed E-state index contributed by atoms with van der Waals surface area (Å²) >= 11 is 0. The molecule has 2 atom stereocenters. The van der Waals surface area contributed by atoms with E-state index in [1.807, 2.05) is 12.1 Å². The first kappa shape index (κ1) is 12.1. The first-order valence-corrected chi connectivity index (χ1v) is 7.69. The fourth-order valence-corrected chi connectivity index (χ4v) is 3.25. The molecule has 1 N–H and O–H groups in total. The van der Waals surface area contributed by atoms with Crippen molar-refractivity contribution in [2.45, 2.75) is 19.1 Å². The molecule has 0 spiro atoms. The zero-order valence-corrected chi connectivity index (χ0v) is 10.8. The van der Waals surface area contributed by atoms with Crippen LogP contribution in [0.15, 0.2) is 24.3 Å². The predicted molar refractivity (Wildman–Crippen MR) is 65.0 cm³/mol. The standard InChI is InChI=1S/C12H15NO4S/c14-18(15,16)9-3-7-13-8-6-10-4-1-2-5-11(10)12(13)17-13/h1-2,4-5,12H,3,6-9H2/p+1. The highest BCUT2D eigenvalue weighted by molar-refractivity contribution is 7.85. The van der Waals surface area contributed by atoms with Crippen LogP contribution in [0.1, 0.15) is 23.8 Å². The van der Waals surface area contributed by atoms with Crippen LogP contribution in [0.4, 0.5) is 0 Å². The zero-order chi connectivity index (χ0) is 12.8. The summed E-state index contributed by atoms with van der Waals surface area (Å²) in [4.78, 5) is 5.77. The van der Waals surface area contributed by atoms with Crippen molar-refractivity contribution in [1.29, 1.82) is 0 Å². The summed E-state index contributed by atoms with van der Waals surface area (Å²) < 4.78 is 30.6. The number of hydrogen-bond donors (Lipinski definition) is 1. The second kappa shape index (κ2) is 4.03. The molecule has 1 saturated heterocycles. The Morgan fingerprint density at radius 3 is 2.94 bits per heavy atom. The van der Waals surface area contributed by atoms with Crippen LogP contribution in [0, 0.1) is 0 Å². The van der Waals surface area contributed by atoms with Crippen LogP contribution in [-0.4, -0.2) is 36.5 Å². The molecule has 2 heterocycles. The molecular weight excluding hydrogens is 254 g/mol. The summed E-state index contributed by atoms with van der Waals surface area (Å²) in [5, 5.41) is 0. The maximum absolute atomic E-state index is 10.7. The Kier molecular flexibility index (Phi) is 2.71. The van der Waals surface area contributed by atoms with E-state index in [1.165, 1.54) is 11.1 Å². The van der Waals surface area contributed by atoms with Crippen LogP contribution >= 0.6 is 0 Å². The highest BCUT2D eigenvalue weighted by Gasteiger charge is 2.62. The third-order valence-electron chi connectivity index (χ3n) is 3.71. The van der Waals surface area contributed by atoms with E-state index in [0.717, 1.165) is 13.0 Å². The number of nitrogens with zero attached hydrogens (tertiary/aromatic N) is 1. The number of hydrogen-bond acceptors (Lipinski definition) is 3. The van der Waals surface area contributed by atoms with Gasteiger partial charge in [-0.25, -0.2) is 0 Å². The second-order valence-corrected chi connectivity index (χ2v) is 6.52. The fourth-order valence-electron chi connectivity index (χ4n) is 2.76. The van der Waals surface area contributed by atoms with Gasteiger partial charge in [0.25, 0.3) is 16.3 Å². The van der Waals surface area contributed by atoms with Gasteiger partial charge in [-0.3, -0.25) is 4.55 Å². The third-order valence-corrected chi connectivity index (χ3v) is 4.52. The molecule has 2 aliphatic rings. The average Bonchev–Trinajstić information content (AvgIpc) is 3.02. The Hall–Kier alpha value is -0.950. The minimum absolute atomic E-state index is 0.0661. The SMILES string of the molecule is O=S(=O)(O)CCC[N+]12CCc3ccccc3C1O2. The quantitative estimate of drug-likeness (QED) is 0.508. The van der Waals surface area contributed by atoms with Gasteiger partial charge < -0.3 is 0 Å². The van der Waals surface area contributed by atoms with Gasteiger partial charge in [-0.05, 0) is 11.6 Å². The molecule has 98 valence electrons.